The Labute approximate surface area is 80.0 Å². The van der Waals surface area contributed by atoms with Crippen LogP contribution in [0.15, 0.2) is 24.3 Å². The highest BCUT2D eigenvalue weighted by atomic mass is 35.5. The maximum Gasteiger partial charge on any atom is 0.262 e. The van der Waals surface area contributed by atoms with Crippen LogP contribution in [-0.2, 0) is 4.57 Å². The Balaban J connectivity index is 0.000000252. The van der Waals surface area contributed by atoms with Crippen molar-refractivity contribution in [2.24, 2.45) is 0 Å². The van der Waals surface area contributed by atoms with Gasteiger partial charge in [0.05, 0.1) is 0 Å². The van der Waals surface area contributed by atoms with Crippen LogP contribution in [0.4, 0.5) is 5.69 Å². The lowest BCUT2D eigenvalue weighted by molar-refractivity contribution is -0.254. The first-order valence-electron chi connectivity index (χ1n) is 3.14. The fourth-order valence-electron chi connectivity index (χ4n) is 0.498. The average Bonchev–Trinajstić information content (AvgIpc) is 1.92. The predicted molar refractivity (Wildman–Crippen MR) is 46.0 cm³/mol. The summed E-state index contributed by atoms with van der Waals surface area (Å²) in [5, 5.41) is 0.729. The molecular weight excluding hydrogens is 216 g/mol. The maximum atomic E-state index is 8.77. The molecule has 74 valence electrons. The van der Waals surface area contributed by atoms with Crippen molar-refractivity contribution in [2.75, 3.05) is 0 Å². The molecule has 0 atom stereocenters. The molecular formula is C6H9ClNO4P. The van der Waals surface area contributed by atoms with Gasteiger partial charge in [-0.1, -0.05) is 23.7 Å². The molecule has 7 heteroatoms. The molecule has 5 N–H and O–H groups in total. The topological polar surface area (TPSA) is 108 Å². The first-order valence-corrected chi connectivity index (χ1v) is 5.04. The Morgan fingerprint density at radius 2 is 1.77 bits per heavy atom. The second-order valence-corrected chi connectivity index (χ2v) is 3.47. The first-order chi connectivity index (χ1) is 5.80. The van der Waals surface area contributed by atoms with E-state index in [2.05, 4.69) is 5.73 Å². The first kappa shape index (κ1) is 12.6. The number of rotatable bonds is 0. The van der Waals surface area contributed by atoms with Gasteiger partial charge in [0.2, 0.25) is 0 Å². The maximum absolute atomic E-state index is 8.77. The lowest BCUT2D eigenvalue weighted by Crippen LogP contribution is -2.40. The van der Waals surface area contributed by atoms with E-state index >= 15 is 0 Å². The zero-order chi connectivity index (χ0) is 10.5. The van der Waals surface area contributed by atoms with Crippen LogP contribution in [0, 0.1) is 0 Å². The molecule has 0 radical (unpaired) electrons. The summed E-state index contributed by atoms with van der Waals surface area (Å²) >= 11 is 5.65. The molecule has 13 heavy (non-hydrogen) atoms. The van der Waals surface area contributed by atoms with Gasteiger partial charge in [0.1, 0.15) is 10.7 Å². The van der Waals surface area contributed by atoms with Crippen LogP contribution in [-0.4, -0.2) is 9.79 Å². The van der Waals surface area contributed by atoms with Gasteiger partial charge in [0.25, 0.3) is 7.82 Å². The third-order valence-electron chi connectivity index (χ3n) is 0.958. The van der Waals surface area contributed by atoms with Gasteiger partial charge < -0.3 is 20.4 Å². The molecule has 1 aromatic rings. The largest absolute Gasteiger partial charge is 0.756 e. The van der Waals surface area contributed by atoms with Crippen molar-refractivity contribution in [1.82, 2.24) is 0 Å². The predicted octanol–water partition coefficient (Wildman–Crippen LogP) is -0.347. The molecule has 0 spiro atoms. The van der Waals surface area contributed by atoms with Crippen LogP contribution in [0.3, 0.4) is 0 Å². The molecule has 0 aliphatic carbocycles. The van der Waals surface area contributed by atoms with E-state index < -0.39 is 7.82 Å². The number of benzene rings is 1. The van der Waals surface area contributed by atoms with Crippen molar-refractivity contribution in [1.29, 1.82) is 0 Å². The summed E-state index contributed by atoms with van der Waals surface area (Å²) < 4.78 is 8.77. The van der Waals surface area contributed by atoms with Crippen molar-refractivity contribution in [3.05, 3.63) is 29.3 Å². The molecule has 0 aliphatic rings. The molecule has 0 aliphatic heterocycles. The Morgan fingerprint density at radius 3 is 2.00 bits per heavy atom. The summed E-state index contributed by atoms with van der Waals surface area (Å²) in [4.78, 5) is 22.9. The lowest BCUT2D eigenvalue weighted by Gasteiger charge is -2.01. The van der Waals surface area contributed by atoms with E-state index in [0.29, 0.717) is 0 Å². The van der Waals surface area contributed by atoms with Crippen molar-refractivity contribution >= 4 is 25.1 Å². The van der Waals surface area contributed by atoms with E-state index in [0.717, 1.165) is 10.7 Å². The second kappa shape index (κ2) is 5.34. The fraction of sp³-hybridized carbons (Fsp3) is 0. The number of halogens is 1. The van der Waals surface area contributed by atoms with Crippen LogP contribution >= 0.6 is 19.4 Å². The van der Waals surface area contributed by atoms with E-state index in [1.807, 2.05) is 24.3 Å². The molecule has 0 aromatic heterocycles. The smallest absolute Gasteiger partial charge is 0.262 e. The lowest BCUT2D eigenvalue weighted by atomic mass is 10.3. The molecule has 0 heterocycles. The number of hydrogen-bond acceptors (Lipinski definition) is 2. The van der Waals surface area contributed by atoms with Crippen molar-refractivity contribution in [2.45, 2.75) is 0 Å². The van der Waals surface area contributed by atoms with Crippen LogP contribution in [0.25, 0.3) is 0 Å². The Kier molecular flexibility index (Phi) is 5.17. The number of phosphoric acid groups is 1. The number of hydrogen-bond donors (Lipinski definition) is 3. The Hall–Kier alpha value is -0.420. The van der Waals surface area contributed by atoms with Gasteiger partial charge in [-0.15, -0.1) is 0 Å². The molecule has 0 fully saturated rings. The number of quaternary nitrogens is 1. The van der Waals surface area contributed by atoms with Gasteiger partial charge in [0.15, 0.2) is 0 Å². The van der Waals surface area contributed by atoms with Crippen molar-refractivity contribution in [3.63, 3.8) is 0 Å². The minimum Gasteiger partial charge on any atom is -0.756 e. The van der Waals surface area contributed by atoms with Crippen LogP contribution < -0.4 is 10.6 Å². The summed E-state index contributed by atoms with van der Waals surface area (Å²) in [6.45, 7) is 0. The monoisotopic (exact) mass is 225 g/mol. The van der Waals surface area contributed by atoms with Gasteiger partial charge in [-0.2, -0.15) is 0 Å². The Bertz CT molecular complexity index is 284. The average molecular weight is 226 g/mol. The van der Waals surface area contributed by atoms with E-state index in [4.69, 9.17) is 30.8 Å². The quantitative estimate of drug-likeness (QED) is 0.525. The molecule has 1 rings (SSSR count). The molecule has 0 saturated heterocycles. The minimum atomic E-state index is -4.89. The highest BCUT2D eigenvalue weighted by Crippen LogP contribution is 2.19. The molecule has 0 unspecified atom stereocenters. The van der Waals surface area contributed by atoms with Crippen molar-refractivity contribution in [3.8, 4) is 0 Å². The molecule has 1 aromatic carbocycles. The van der Waals surface area contributed by atoms with E-state index in [-0.39, 0.29) is 0 Å². The van der Waals surface area contributed by atoms with Gasteiger partial charge in [-0.25, -0.2) is 0 Å². The Morgan fingerprint density at radius 1 is 1.38 bits per heavy atom. The summed E-state index contributed by atoms with van der Waals surface area (Å²) in [5.74, 6) is 0. The van der Waals surface area contributed by atoms with E-state index in [1.54, 1.807) is 0 Å². The fourth-order valence-corrected chi connectivity index (χ4v) is 0.634. The van der Waals surface area contributed by atoms with Crippen LogP contribution in [0.1, 0.15) is 0 Å². The zero-order valence-electron chi connectivity index (χ0n) is 6.55. The summed E-state index contributed by atoms with van der Waals surface area (Å²) in [6, 6.07) is 7.50. The van der Waals surface area contributed by atoms with Gasteiger partial charge in [0, 0.05) is 6.07 Å². The molecule has 0 amide bonds. The SMILES string of the molecule is O=P([O-])(O)O.[NH3+]c1ccccc1Cl. The zero-order valence-corrected chi connectivity index (χ0v) is 8.20. The van der Waals surface area contributed by atoms with E-state index in [1.165, 1.54) is 0 Å². The summed E-state index contributed by atoms with van der Waals surface area (Å²) in [5.41, 5.74) is 4.57. The summed E-state index contributed by atoms with van der Waals surface area (Å²) in [6.07, 6.45) is 0. The van der Waals surface area contributed by atoms with Crippen LogP contribution in [0.2, 0.25) is 5.02 Å². The highest BCUT2D eigenvalue weighted by molar-refractivity contribution is 7.43. The van der Waals surface area contributed by atoms with Gasteiger partial charge >= 0.3 is 0 Å². The third-order valence-corrected chi connectivity index (χ3v) is 1.33. The molecule has 0 bridgehead atoms. The van der Waals surface area contributed by atoms with Crippen LogP contribution in [0.5, 0.6) is 0 Å². The minimum absolute atomic E-state index is 0.729. The standard InChI is InChI=1S/C6H6ClN.H3O4P/c7-5-3-1-2-4-6(5)8;1-5(2,3)4/h1-4H,8H2;(H3,1,2,3,4). The normalized spacial score (nSPS) is 10.2. The van der Waals surface area contributed by atoms with Gasteiger partial charge in [-0.05, 0) is 6.07 Å². The van der Waals surface area contributed by atoms with E-state index in [9.17, 15) is 0 Å². The third kappa shape index (κ3) is 9.49. The highest BCUT2D eigenvalue weighted by Gasteiger charge is 1.91. The van der Waals surface area contributed by atoms with Gasteiger partial charge in [-0.3, -0.25) is 4.57 Å². The molecule has 0 saturated carbocycles. The second-order valence-electron chi connectivity index (χ2n) is 2.08. The molecule has 5 nitrogen and oxygen atoms in total. The van der Waals surface area contributed by atoms with Crippen molar-refractivity contribution < 1.29 is 25.0 Å². The summed E-state index contributed by atoms with van der Waals surface area (Å²) in [7, 11) is -4.89.